The molecule has 162 valence electrons. The van der Waals surface area contributed by atoms with Crippen molar-refractivity contribution in [1.82, 2.24) is 16.0 Å². The zero-order valence-corrected chi connectivity index (χ0v) is 17.5. The number of carbonyl (C=O) groups is 2. The molecule has 2 aromatic rings. The average Bonchev–Trinajstić information content (AvgIpc) is 2.76. The van der Waals surface area contributed by atoms with Crippen molar-refractivity contribution in [3.63, 3.8) is 0 Å². The van der Waals surface area contributed by atoms with Crippen LogP contribution in [0.1, 0.15) is 43.4 Å². The highest BCUT2D eigenvalue weighted by Crippen LogP contribution is 2.07. The van der Waals surface area contributed by atoms with Crippen LogP contribution in [0.5, 0.6) is 0 Å². The van der Waals surface area contributed by atoms with Crippen molar-refractivity contribution in [2.75, 3.05) is 6.61 Å². The molecule has 0 spiro atoms. The lowest BCUT2D eigenvalue weighted by Gasteiger charge is -2.18. The van der Waals surface area contributed by atoms with Gasteiger partial charge in [0.2, 0.25) is 5.91 Å². The molecule has 1 atom stereocenters. The second-order valence-corrected chi connectivity index (χ2v) is 6.97. The molecule has 2 rings (SSSR count). The summed E-state index contributed by atoms with van der Waals surface area (Å²) in [5.74, 6) is -0.556. The summed E-state index contributed by atoms with van der Waals surface area (Å²) >= 11 is 0. The minimum Gasteiger partial charge on any atom is -0.377 e. The Hall–Kier alpha value is -2.93. The monoisotopic (exact) mass is 415 g/mol. The molecule has 0 fully saturated rings. The van der Waals surface area contributed by atoms with Gasteiger partial charge in [0.15, 0.2) is 0 Å². The van der Waals surface area contributed by atoms with Crippen molar-refractivity contribution in [2.24, 2.45) is 0 Å². The highest BCUT2D eigenvalue weighted by Gasteiger charge is 2.19. The van der Waals surface area contributed by atoms with Crippen LogP contribution >= 0.6 is 0 Å². The minimum absolute atomic E-state index is 0.229. The molecule has 3 N–H and O–H groups in total. The summed E-state index contributed by atoms with van der Waals surface area (Å²) in [6.07, 6.45) is 1.28. The largest absolute Gasteiger partial charge is 0.377 e. The molecule has 3 amide bonds. The fraction of sp³-hybridized carbons (Fsp3) is 0.391. The lowest BCUT2D eigenvalue weighted by atomic mass is 10.1. The van der Waals surface area contributed by atoms with Crippen molar-refractivity contribution in [1.29, 1.82) is 0 Å². The van der Waals surface area contributed by atoms with Gasteiger partial charge < -0.3 is 20.7 Å². The molecule has 0 aromatic heterocycles. The second kappa shape index (κ2) is 12.6. The number of hydrogen-bond acceptors (Lipinski definition) is 3. The average molecular weight is 416 g/mol. The van der Waals surface area contributed by atoms with E-state index in [0.717, 1.165) is 23.1 Å². The number of rotatable bonds is 11. The zero-order valence-electron chi connectivity index (χ0n) is 17.5. The van der Waals surface area contributed by atoms with Crippen LogP contribution in [0.2, 0.25) is 0 Å². The number of ether oxygens (including phenoxy) is 1. The second-order valence-electron chi connectivity index (χ2n) is 6.97. The number of benzene rings is 2. The van der Waals surface area contributed by atoms with Crippen molar-refractivity contribution < 1.29 is 18.7 Å². The first kappa shape index (κ1) is 23.3. The molecule has 0 heterocycles. The van der Waals surface area contributed by atoms with E-state index in [-0.39, 0.29) is 18.3 Å². The van der Waals surface area contributed by atoms with Gasteiger partial charge in [0.1, 0.15) is 11.9 Å². The first-order valence-corrected chi connectivity index (χ1v) is 10.2. The maximum absolute atomic E-state index is 12.9. The maximum atomic E-state index is 12.9. The van der Waals surface area contributed by atoms with Crippen LogP contribution in [0.4, 0.5) is 9.18 Å². The number of urea groups is 1. The predicted octanol–water partition coefficient (Wildman–Crippen LogP) is 3.65. The maximum Gasteiger partial charge on any atom is 0.315 e. The lowest BCUT2D eigenvalue weighted by Crippen LogP contribution is -2.49. The zero-order chi connectivity index (χ0) is 21.8. The molecule has 2 aromatic carbocycles. The van der Waals surface area contributed by atoms with Crippen LogP contribution in [0.25, 0.3) is 0 Å². The van der Waals surface area contributed by atoms with E-state index in [1.54, 1.807) is 12.1 Å². The Labute approximate surface area is 177 Å². The molecule has 0 bridgehead atoms. The van der Waals surface area contributed by atoms with Gasteiger partial charge >= 0.3 is 6.03 Å². The van der Waals surface area contributed by atoms with Crippen LogP contribution in [0.15, 0.2) is 48.5 Å². The SMILES string of the molecule is CCCC(NC(=O)NCc1ccc(F)cc1)C(=O)NCc1ccc(COCC)cc1. The first-order valence-electron chi connectivity index (χ1n) is 10.2. The Bertz CT molecular complexity index is 794. The van der Waals surface area contributed by atoms with Crippen LogP contribution in [0, 0.1) is 5.82 Å². The third-order valence-electron chi connectivity index (χ3n) is 4.53. The minimum atomic E-state index is -0.625. The van der Waals surface area contributed by atoms with Gasteiger partial charge in [-0.25, -0.2) is 9.18 Å². The van der Waals surface area contributed by atoms with Gasteiger partial charge in [-0.05, 0) is 42.2 Å². The summed E-state index contributed by atoms with van der Waals surface area (Å²) in [6.45, 7) is 5.77. The number of halogens is 1. The first-order chi connectivity index (χ1) is 14.5. The van der Waals surface area contributed by atoms with Gasteiger partial charge in [0, 0.05) is 19.7 Å². The van der Waals surface area contributed by atoms with E-state index in [4.69, 9.17) is 4.74 Å². The van der Waals surface area contributed by atoms with Crippen LogP contribution in [-0.2, 0) is 29.2 Å². The van der Waals surface area contributed by atoms with E-state index in [9.17, 15) is 14.0 Å². The van der Waals surface area contributed by atoms with Gasteiger partial charge in [-0.15, -0.1) is 0 Å². The van der Waals surface area contributed by atoms with E-state index < -0.39 is 12.1 Å². The molecule has 1 unspecified atom stereocenters. The number of amides is 3. The highest BCUT2D eigenvalue weighted by molar-refractivity contribution is 5.86. The summed E-state index contributed by atoms with van der Waals surface area (Å²) in [7, 11) is 0. The molecule has 0 saturated carbocycles. The summed E-state index contributed by atoms with van der Waals surface area (Å²) in [4.78, 5) is 24.7. The fourth-order valence-electron chi connectivity index (χ4n) is 2.84. The van der Waals surface area contributed by atoms with Crippen LogP contribution in [0.3, 0.4) is 0 Å². The van der Waals surface area contributed by atoms with Gasteiger partial charge in [-0.2, -0.15) is 0 Å². The predicted molar refractivity (Wildman–Crippen MR) is 114 cm³/mol. The lowest BCUT2D eigenvalue weighted by molar-refractivity contribution is -0.123. The third kappa shape index (κ3) is 8.21. The Morgan fingerprint density at radius 2 is 1.47 bits per heavy atom. The van der Waals surface area contributed by atoms with Crippen LogP contribution < -0.4 is 16.0 Å². The summed E-state index contributed by atoms with van der Waals surface area (Å²) in [6, 6.07) is 12.7. The molecule has 7 heteroatoms. The molecule has 0 aliphatic heterocycles. The molecular formula is C23H30FN3O3. The fourth-order valence-corrected chi connectivity index (χ4v) is 2.84. The highest BCUT2D eigenvalue weighted by atomic mass is 19.1. The van der Waals surface area contributed by atoms with Gasteiger partial charge in [0.25, 0.3) is 0 Å². The Morgan fingerprint density at radius 3 is 2.07 bits per heavy atom. The third-order valence-corrected chi connectivity index (χ3v) is 4.53. The molecule has 6 nitrogen and oxygen atoms in total. The van der Waals surface area contributed by atoms with Gasteiger partial charge in [0.05, 0.1) is 6.61 Å². The normalized spacial score (nSPS) is 11.6. The van der Waals surface area contributed by atoms with Crippen molar-refractivity contribution in [3.05, 3.63) is 71.0 Å². The molecule has 0 aliphatic rings. The van der Waals surface area contributed by atoms with E-state index in [0.29, 0.717) is 26.2 Å². The number of hydrogen-bond donors (Lipinski definition) is 3. The molecular weight excluding hydrogens is 385 g/mol. The quantitative estimate of drug-likeness (QED) is 0.524. The Balaban J connectivity index is 1.81. The summed E-state index contributed by atoms with van der Waals surface area (Å²) in [5.41, 5.74) is 2.82. The van der Waals surface area contributed by atoms with E-state index in [1.807, 2.05) is 38.1 Å². The molecule has 30 heavy (non-hydrogen) atoms. The van der Waals surface area contributed by atoms with Gasteiger partial charge in [-0.3, -0.25) is 4.79 Å². The van der Waals surface area contributed by atoms with Crippen molar-refractivity contribution in [2.45, 2.75) is 52.4 Å². The standard InChI is InChI=1S/C23H30FN3O3/c1-3-5-21(27-23(29)26-15-18-10-12-20(24)13-11-18)22(28)25-14-17-6-8-19(9-7-17)16-30-4-2/h6-13,21H,3-5,14-16H2,1-2H3,(H,25,28)(H2,26,27,29). The van der Waals surface area contributed by atoms with Crippen molar-refractivity contribution in [3.8, 4) is 0 Å². The topological polar surface area (TPSA) is 79.5 Å². The molecule has 0 radical (unpaired) electrons. The summed E-state index contributed by atoms with van der Waals surface area (Å²) < 4.78 is 18.3. The van der Waals surface area contributed by atoms with Crippen LogP contribution in [-0.4, -0.2) is 24.6 Å². The van der Waals surface area contributed by atoms with E-state index >= 15 is 0 Å². The van der Waals surface area contributed by atoms with Crippen molar-refractivity contribution >= 4 is 11.9 Å². The summed E-state index contributed by atoms with van der Waals surface area (Å²) in [5, 5.41) is 8.29. The number of carbonyl (C=O) groups excluding carboxylic acids is 2. The Kier molecular flexibility index (Phi) is 9.80. The van der Waals surface area contributed by atoms with E-state index in [1.165, 1.54) is 12.1 Å². The van der Waals surface area contributed by atoms with E-state index in [2.05, 4.69) is 16.0 Å². The van der Waals surface area contributed by atoms with Gasteiger partial charge in [-0.1, -0.05) is 49.7 Å². The molecule has 0 saturated heterocycles. The smallest absolute Gasteiger partial charge is 0.315 e. The molecule has 0 aliphatic carbocycles. The number of nitrogens with one attached hydrogen (secondary N) is 3. The Morgan fingerprint density at radius 1 is 0.900 bits per heavy atom.